The first kappa shape index (κ1) is 32.0. The summed E-state index contributed by atoms with van der Waals surface area (Å²) in [5.41, 5.74) is 1.56. The molecule has 2 unspecified atom stereocenters. The van der Waals surface area contributed by atoms with Gasteiger partial charge in [-0.1, -0.05) is 37.0 Å². The average Bonchev–Trinajstić information content (AvgIpc) is 3.14. The zero-order chi connectivity index (χ0) is 29.3. The van der Waals surface area contributed by atoms with Gasteiger partial charge in [-0.25, -0.2) is 13.2 Å². The van der Waals surface area contributed by atoms with Gasteiger partial charge in [0.25, 0.3) is 5.91 Å². The maximum absolute atomic E-state index is 12.8. The number of halogens is 4. The largest absolute Gasteiger partial charge is 0.387 e. The van der Waals surface area contributed by atoms with Gasteiger partial charge in [0.15, 0.2) is 17.5 Å². The number of anilines is 1. The minimum Gasteiger partial charge on any atom is -0.387 e. The van der Waals surface area contributed by atoms with Crippen molar-refractivity contribution in [3.63, 3.8) is 0 Å². The van der Waals surface area contributed by atoms with Gasteiger partial charge in [-0.2, -0.15) is 0 Å². The van der Waals surface area contributed by atoms with Gasteiger partial charge in [0, 0.05) is 25.0 Å². The van der Waals surface area contributed by atoms with Gasteiger partial charge in [0.1, 0.15) is 0 Å². The number of likely N-dealkylation sites (N-methyl/N-ethyl adjacent to an activating group) is 1. The molecule has 0 bridgehead atoms. The second-order valence-corrected chi connectivity index (χ2v) is 10.6. The summed E-state index contributed by atoms with van der Waals surface area (Å²) >= 11 is 7.32. The van der Waals surface area contributed by atoms with Crippen LogP contribution in [0.15, 0.2) is 66.3 Å². The number of thiophene rings is 1. The number of alkyl halides is 1. The highest BCUT2D eigenvalue weighted by atomic mass is 35.5. The number of rotatable bonds is 9. The average molecular weight is 582 g/mol. The lowest BCUT2D eigenvalue weighted by Crippen LogP contribution is -2.29. The van der Waals surface area contributed by atoms with Gasteiger partial charge < -0.3 is 20.6 Å². The minimum atomic E-state index is -1.52. The first-order valence-electron chi connectivity index (χ1n) is 11.8. The Labute approximate surface area is 235 Å². The molecule has 0 spiro atoms. The van der Waals surface area contributed by atoms with Gasteiger partial charge in [0.05, 0.1) is 27.6 Å². The quantitative estimate of drug-likeness (QED) is 0.0934. The molecule has 1 aliphatic rings. The summed E-state index contributed by atoms with van der Waals surface area (Å²) in [6.45, 7) is 6.08. The molecule has 1 amide bonds. The van der Waals surface area contributed by atoms with Crippen LogP contribution >= 0.6 is 22.9 Å². The molecule has 6 nitrogen and oxygen atoms in total. The van der Waals surface area contributed by atoms with Gasteiger partial charge >= 0.3 is 0 Å². The fraction of sp³-hybridized carbons (Fsp3) is 0.286. The van der Waals surface area contributed by atoms with E-state index in [1.807, 2.05) is 43.4 Å². The molecule has 11 heteroatoms. The van der Waals surface area contributed by atoms with Crippen LogP contribution in [-0.2, 0) is 4.79 Å². The van der Waals surface area contributed by atoms with Crippen molar-refractivity contribution in [2.45, 2.75) is 18.4 Å². The number of nitrogens with one attached hydrogen (secondary N) is 2. The number of nitrogens with zero attached hydrogens (tertiary/aromatic N) is 1. The van der Waals surface area contributed by atoms with Gasteiger partial charge in [0.2, 0.25) is 5.78 Å². The van der Waals surface area contributed by atoms with Crippen LogP contribution in [0.3, 0.4) is 0 Å². The number of aliphatic hydroxyl groups is 1. The van der Waals surface area contributed by atoms with Gasteiger partial charge in [-0.15, -0.1) is 22.9 Å². The van der Waals surface area contributed by atoms with Gasteiger partial charge in [-0.3, -0.25) is 9.59 Å². The highest BCUT2D eigenvalue weighted by Crippen LogP contribution is 2.28. The Kier molecular flexibility index (Phi) is 12.2. The molecule has 39 heavy (non-hydrogen) atoms. The molecule has 1 aromatic carbocycles. The van der Waals surface area contributed by atoms with Gasteiger partial charge in [-0.05, 0) is 50.4 Å². The lowest BCUT2D eigenvalue weighted by molar-refractivity contribution is -0.116. The number of benzene rings is 1. The minimum absolute atomic E-state index is 0.0279. The molecule has 2 aromatic rings. The van der Waals surface area contributed by atoms with Crippen molar-refractivity contribution < 1.29 is 27.9 Å². The third-order valence-electron chi connectivity index (χ3n) is 5.36. The van der Waals surface area contributed by atoms with E-state index in [-0.39, 0.29) is 28.8 Å². The monoisotopic (exact) mass is 581 g/mol. The molecule has 0 saturated carbocycles. The SMILES string of the molecule is C=C(C(=O)NCC1=CC=CC(Cl)C=C1)C(=O)c1sc(C)cc1NC.CN(C)CC(O)c1cc(F)c(F)c(F)c1. The molecule has 210 valence electrons. The summed E-state index contributed by atoms with van der Waals surface area (Å²) in [6.07, 6.45) is 8.19. The van der Waals surface area contributed by atoms with Crippen LogP contribution in [0.4, 0.5) is 18.9 Å². The molecule has 3 rings (SSSR count). The topological polar surface area (TPSA) is 81.7 Å². The number of amides is 1. The van der Waals surface area contributed by atoms with Crippen molar-refractivity contribution in [2.24, 2.45) is 0 Å². The number of ketones is 1. The number of aryl methyl sites for hydroxylation is 1. The van der Waals surface area contributed by atoms with Crippen molar-refractivity contribution in [3.05, 3.63) is 99.1 Å². The second-order valence-electron chi connectivity index (χ2n) is 8.85. The van der Waals surface area contributed by atoms with E-state index in [1.54, 1.807) is 26.0 Å². The van der Waals surface area contributed by atoms with Crippen LogP contribution in [0.25, 0.3) is 0 Å². The van der Waals surface area contributed by atoms with Crippen molar-refractivity contribution in [2.75, 3.05) is 39.5 Å². The first-order valence-corrected chi connectivity index (χ1v) is 13.1. The molecule has 2 atom stereocenters. The van der Waals surface area contributed by atoms with E-state index in [1.165, 1.54) is 11.3 Å². The number of carbonyl (C=O) groups excluding carboxylic acids is 2. The van der Waals surface area contributed by atoms with Crippen LogP contribution in [-0.4, -0.2) is 61.3 Å². The van der Waals surface area contributed by atoms with Crippen molar-refractivity contribution in [1.29, 1.82) is 0 Å². The molecule has 1 heterocycles. The van der Waals surface area contributed by atoms with Crippen molar-refractivity contribution in [3.8, 4) is 0 Å². The maximum atomic E-state index is 12.8. The Hall–Kier alpha value is -3.18. The first-order chi connectivity index (χ1) is 18.3. The lowest BCUT2D eigenvalue weighted by atomic mass is 10.1. The fourth-order valence-electron chi connectivity index (χ4n) is 3.35. The number of allylic oxidation sites excluding steroid dienone is 4. The summed E-state index contributed by atoms with van der Waals surface area (Å²) in [5, 5.41) is 15.1. The smallest absolute Gasteiger partial charge is 0.254 e. The molecule has 3 N–H and O–H groups in total. The van der Waals surface area contributed by atoms with Crippen LogP contribution in [0.2, 0.25) is 0 Å². The third kappa shape index (κ3) is 9.50. The third-order valence-corrected chi connectivity index (χ3v) is 6.70. The van der Waals surface area contributed by atoms with Crippen LogP contribution < -0.4 is 10.6 Å². The summed E-state index contributed by atoms with van der Waals surface area (Å²) in [7, 11) is 5.16. The molecule has 0 aliphatic heterocycles. The number of carbonyl (C=O) groups is 2. The lowest BCUT2D eigenvalue weighted by Gasteiger charge is -2.16. The fourth-order valence-corrected chi connectivity index (χ4v) is 4.50. The van der Waals surface area contributed by atoms with Crippen molar-refractivity contribution >= 4 is 40.3 Å². The highest BCUT2D eigenvalue weighted by molar-refractivity contribution is 7.14. The molecular formula is C28H31ClF3N3O3S. The second kappa shape index (κ2) is 14.8. The molecule has 1 aliphatic carbocycles. The Bertz CT molecular complexity index is 1280. The Morgan fingerprint density at radius 2 is 1.82 bits per heavy atom. The molecule has 0 fully saturated rings. The van der Waals surface area contributed by atoms with E-state index < -0.39 is 29.5 Å². The summed E-state index contributed by atoms with van der Waals surface area (Å²) in [5.74, 6) is -4.93. The Morgan fingerprint density at radius 1 is 1.18 bits per heavy atom. The van der Waals surface area contributed by atoms with Crippen LogP contribution in [0, 0.1) is 24.4 Å². The van der Waals surface area contributed by atoms with E-state index in [2.05, 4.69) is 17.2 Å². The zero-order valence-electron chi connectivity index (χ0n) is 22.0. The van der Waals surface area contributed by atoms with Crippen molar-refractivity contribution in [1.82, 2.24) is 10.2 Å². The number of aliphatic hydroxyl groups excluding tert-OH is 1. The summed E-state index contributed by atoms with van der Waals surface area (Å²) in [4.78, 5) is 27.8. The number of hydrogen-bond acceptors (Lipinski definition) is 6. The Morgan fingerprint density at radius 3 is 2.41 bits per heavy atom. The van der Waals surface area contributed by atoms with E-state index in [0.29, 0.717) is 17.1 Å². The number of hydrogen-bond donors (Lipinski definition) is 3. The van der Waals surface area contributed by atoms with E-state index in [9.17, 15) is 27.9 Å². The normalized spacial score (nSPS) is 15.1. The predicted molar refractivity (Wildman–Crippen MR) is 151 cm³/mol. The summed E-state index contributed by atoms with van der Waals surface area (Å²) in [6, 6.07) is 3.47. The standard InChI is InChI=1S/C18H19ClN2O2S.C10H12F3NO/c1-11-9-15(20-3)17(24-11)16(22)12(2)18(23)21-10-13-5-4-6-14(19)8-7-13;1-14(2)5-9(15)6-3-7(11)10(13)8(12)4-6/h4-9,14,20H,2,10H2,1,3H3,(H,21,23);3-4,9,15H,5H2,1-2H3. The Balaban J connectivity index is 0.000000306. The maximum Gasteiger partial charge on any atom is 0.254 e. The highest BCUT2D eigenvalue weighted by Gasteiger charge is 2.22. The molecule has 0 saturated heterocycles. The van der Waals surface area contributed by atoms with E-state index in [4.69, 9.17) is 11.6 Å². The van der Waals surface area contributed by atoms with E-state index in [0.717, 1.165) is 22.6 Å². The van der Waals surface area contributed by atoms with Crippen LogP contribution in [0.1, 0.15) is 26.2 Å². The van der Waals surface area contributed by atoms with E-state index >= 15 is 0 Å². The number of Topliss-reactive ketones (excluding diaryl/α,β-unsaturated/α-hetero) is 1. The molecule has 1 aromatic heterocycles. The molecule has 0 radical (unpaired) electrons. The predicted octanol–water partition coefficient (Wildman–Crippen LogP) is 5.31. The zero-order valence-corrected chi connectivity index (χ0v) is 23.6. The summed E-state index contributed by atoms with van der Waals surface area (Å²) < 4.78 is 38.2. The molecular weight excluding hydrogens is 551 g/mol. The van der Waals surface area contributed by atoms with Crippen LogP contribution in [0.5, 0.6) is 0 Å².